The minimum atomic E-state index is -0.801. The maximum Gasteiger partial charge on any atom is 0.425 e. The summed E-state index contributed by atoms with van der Waals surface area (Å²) < 4.78 is 4.28. The van der Waals surface area contributed by atoms with E-state index in [1.54, 1.807) is 30.3 Å². The molecule has 0 aliphatic rings. The number of nitrogens with one attached hydrogen (secondary N) is 3. The summed E-state index contributed by atoms with van der Waals surface area (Å²) in [4.78, 5) is 34.0. The largest absolute Gasteiger partial charge is 0.452 e. The molecule has 0 saturated carbocycles. The summed E-state index contributed by atoms with van der Waals surface area (Å²) in [6.45, 7) is 1.50. The Hall–Kier alpha value is -2.57. The van der Waals surface area contributed by atoms with Crippen LogP contribution in [0, 0.1) is 0 Å². The smallest absolute Gasteiger partial charge is 0.425 e. The number of carbonyl (C=O) groups is 3. The zero-order chi connectivity index (χ0) is 14.3. The minimum Gasteiger partial charge on any atom is -0.452 e. The van der Waals surface area contributed by atoms with Crippen LogP contribution in [0.25, 0.3) is 0 Å². The van der Waals surface area contributed by atoms with Crippen LogP contribution in [0.4, 0.5) is 4.79 Å². The van der Waals surface area contributed by atoms with Gasteiger partial charge < -0.3 is 10.1 Å². The van der Waals surface area contributed by atoms with E-state index in [9.17, 15) is 14.4 Å². The molecule has 0 heterocycles. The molecule has 3 N–H and O–H groups in total. The van der Waals surface area contributed by atoms with Crippen LogP contribution in [0.3, 0.4) is 0 Å². The molecule has 0 aromatic heterocycles. The number of hydrogen-bond donors (Lipinski definition) is 3. The lowest BCUT2D eigenvalue weighted by atomic mass is 10.2. The first kappa shape index (κ1) is 14.5. The van der Waals surface area contributed by atoms with Gasteiger partial charge in [-0.25, -0.2) is 10.2 Å². The standard InChI is InChI=1S/C12H15N3O4/c1-8(10(16)14-15-12(18)19-2)13-11(17)9-6-4-3-5-7-9/h3-8H,1-2H3,(H,13,17)(H,14,16)(H,15,18)/t8-/m1/s1. The zero-order valence-electron chi connectivity index (χ0n) is 10.6. The molecule has 0 aliphatic heterocycles. The number of amides is 3. The van der Waals surface area contributed by atoms with Crippen LogP contribution < -0.4 is 16.2 Å². The lowest BCUT2D eigenvalue weighted by Crippen LogP contribution is -2.51. The van der Waals surface area contributed by atoms with Crippen LogP contribution in [-0.4, -0.2) is 31.1 Å². The predicted octanol–water partition coefficient (Wildman–Crippen LogP) is 0.192. The van der Waals surface area contributed by atoms with Crippen molar-refractivity contribution in [2.45, 2.75) is 13.0 Å². The highest BCUT2D eigenvalue weighted by atomic mass is 16.5. The topological polar surface area (TPSA) is 96.5 Å². The molecular formula is C12H15N3O4. The fourth-order valence-electron chi connectivity index (χ4n) is 1.21. The van der Waals surface area contributed by atoms with E-state index in [2.05, 4.69) is 15.5 Å². The first-order valence-corrected chi connectivity index (χ1v) is 5.54. The van der Waals surface area contributed by atoms with E-state index in [4.69, 9.17) is 0 Å². The van der Waals surface area contributed by atoms with Gasteiger partial charge in [-0.3, -0.25) is 15.0 Å². The third-order valence-corrected chi connectivity index (χ3v) is 2.25. The van der Waals surface area contributed by atoms with Crippen LogP contribution in [0.1, 0.15) is 17.3 Å². The summed E-state index contributed by atoms with van der Waals surface area (Å²) in [5.41, 5.74) is 4.57. The second-order valence-electron chi connectivity index (χ2n) is 3.67. The van der Waals surface area contributed by atoms with Crippen molar-refractivity contribution in [2.24, 2.45) is 0 Å². The minimum absolute atomic E-state index is 0.374. The van der Waals surface area contributed by atoms with Gasteiger partial charge in [-0.05, 0) is 19.1 Å². The Morgan fingerprint density at radius 3 is 2.32 bits per heavy atom. The maximum absolute atomic E-state index is 11.8. The van der Waals surface area contributed by atoms with Crippen molar-refractivity contribution in [2.75, 3.05) is 7.11 Å². The number of carbonyl (C=O) groups excluding carboxylic acids is 3. The second-order valence-corrected chi connectivity index (χ2v) is 3.67. The van der Waals surface area contributed by atoms with Gasteiger partial charge in [0.25, 0.3) is 11.8 Å². The van der Waals surface area contributed by atoms with Gasteiger partial charge in [0, 0.05) is 5.56 Å². The highest BCUT2D eigenvalue weighted by Gasteiger charge is 2.16. The predicted molar refractivity (Wildman–Crippen MR) is 67.1 cm³/mol. The van der Waals surface area contributed by atoms with Gasteiger partial charge in [0.2, 0.25) is 0 Å². The first-order valence-electron chi connectivity index (χ1n) is 5.54. The summed E-state index contributed by atoms with van der Waals surface area (Å²) in [7, 11) is 1.17. The molecule has 0 fully saturated rings. The molecule has 7 heteroatoms. The SMILES string of the molecule is COC(=O)NNC(=O)[C@@H](C)NC(=O)c1ccccc1. The van der Waals surface area contributed by atoms with E-state index in [1.807, 2.05) is 5.43 Å². The molecule has 19 heavy (non-hydrogen) atoms. The van der Waals surface area contributed by atoms with Crippen molar-refractivity contribution >= 4 is 17.9 Å². The summed E-state index contributed by atoms with van der Waals surface area (Å²) >= 11 is 0. The van der Waals surface area contributed by atoms with Crippen LogP contribution in [0.2, 0.25) is 0 Å². The number of ether oxygens (including phenoxy) is 1. The number of hydrazine groups is 1. The van der Waals surface area contributed by atoms with Crippen molar-refractivity contribution in [3.05, 3.63) is 35.9 Å². The number of methoxy groups -OCH3 is 1. The second kappa shape index (κ2) is 7.00. The summed E-state index contributed by atoms with van der Waals surface area (Å²) in [6.07, 6.45) is -0.796. The molecule has 0 bridgehead atoms. The number of rotatable bonds is 3. The van der Waals surface area contributed by atoms with Gasteiger partial charge in [-0.2, -0.15) is 0 Å². The van der Waals surface area contributed by atoms with E-state index in [0.29, 0.717) is 5.56 Å². The van der Waals surface area contributed by atoms with Gasteiger partial charge in [0.1, 0.15) is 6.04 Å². The van der Waals surface area contributed by atoms with Crippen LogP contribution in [0.15, 0.2) is 30.3 Å². The third kappa shape index (κ3) is 4.66. The van der Waals surface area contributed by atoms with Crippen molar-refractivity contribution in [1.29, 1.82) is 0 Å². The summed E-state index contributed by atoms with van der Waals surface area (Å²) in [5, 5.41) is 2.49. The molecule has 1 aromatic carbocycles. The molecule has 0 aliphatic carbocycles. The van der Waals surface area contributed by atoms with E-state index < -0.39 is 18.0 Å². The molecule has 102 valence electrons. The fraction of sp³-hybridized carbons (Fsp3) is 0.250. The van der Waals surface area contributed by atoms with Crippen LogP contribution >= 0.6 is 0 Å². The van der Waals surface area contributed by atoms with Crippen molar-refractivity contribution in [1.82, 2.24) is 16.2 Å². The van der Waals surface area contributed by atoms with Crippen LogP contribution in [0.5, 0.6) is 0 Å². The van der Waals surface area contributed by atoms with Crippen molar-refractivity contribution < 1.29 is 19.1 Å². The number of benzene rings is 1. The van der Waals surface area contributed by atoms with Crippen molar-refractivity contribution in [3.63, 3.8) is 0 Å². The molecule has 1 atom stereocenters. The highest BCUT2D eigenvalue weighted by molar-refractivity contribution is 5.97. The molecule has 3 amide bonds. The number of hydrogen-bond acceptors (Lipinski definition) is 4. The highest BCUT2D eigenvalue weighted by Crippen LogP contribution is 1.98. The monoisotopic (exact) mass is 265 g/mol. The first-order chi connectivity index (χ1) is 9.04. The molecule has 0 unspecified atom stereocenters. The van der Waals surface area contributed by atoms with Gasteiger partial charge in [-0.1, -0.05) is 18.2 Å². The van der Waals surface area contributed by atoms with E-state index in [1.165, 1.54) is 14.0 Å². The molecule has 7 nitrogen and oxygen atoms in total. The quantitative estimate of drug-likeness (QED) is 0.680. The average molecular weight is 265 g/mol. The average Bonchev–Trinajstić information content (AvgIpc) is 2.44. The van der Waals surface area contributed by atoms with Gasteiger partial charge >= 0.3 is 6.09 Å². The molecule has 0 saturated heterocycles. The van der Waals surface area contributed by atoms with Gasteiger partial charge in [0.15, 0.2) is 0 Å². The molecule has 0 radical (unpaired) electrons. The molecular weight excluding hydrogens is 250 g/mol. The van der Waals surface area contributed by atoms with Gasteiger partial charge in [-0.15, -0.1) is 0 Å². The van der Waals surface area contributed by atoms with E-state index in [0.717, 1.165) is 0 Å². The summed E-state index contributed by atoms with van der Waals surface area (Å²) in [6, 6.07) is 7.69. The Labute approximate surface area is 110 Å². The molecule has 1 rings (SSSR count). The zero-order valence-corrected chi connectivity index (χ0v) is 10.6. The Morgan fingerprint density at radius 2 is 1.74 bits per heavy atom. The lowest BCUT2D eigenvalue weighted by molar-refractivity contribution is -0.123. The Morgan fingerprint density at radius 1 is 1.11 bits per heavy atom. The lowest BCUT2D eigenvalue weighted by Gasteiger charge is -2.14. The third-order valence-electron chi connectivity index (χ3n) is 2.25. The normalized spacial score (nSPS) is 11.1. The molecule has 0 spiro atoms. The maximum atomic E-state index is 11.8. The Kier molecular flexibility index (Phi) is 5.34. The molecule has 1 aromatic rings. The Bertz CT molecular complexity index is 461. The van der Waals surface area contributed by atoms with Gasteiger partial charge in [0.05, 0.1) is 7.11 Å². The van der Waals surface area contributed by atoms with E-state index in [-0.39, 0.29) is 5.91 Å². The van der Waals surface area contributed by atoms with E-state index >= 15 is 0 Å². The fourth-order valence-corrected chi connectivity index (χ4v) is 1.21. The summed E-state index contributed by atoms with van der Waals surface area (Å²) in [5.74, 6) is -0.934. The van der Waals surface area contributed by atoms with Crippen LogP contribution in [-0.2, 0) is 9.53 Å². The van der Waals surface area contributed by atoms with Crippen molar-refractivity contribution in [3.8, 4) is 0 Å². The Balaban J connectivity index is 2.46.